The van der Waals surface area contributed by atoms with Gasteiger partial charge in [0.2, 0.25) is 0 Å². The fraction of sp³-hybridized carbons (Fsp3) is 0. The summed E-state index contributed by atoms with van der Waals surface area (Å²) in [4.78, 5) is 2.33. The van der Waals surface area contributed by atoms with Crippen molar-refractivity contribution in [1.29, 1.82) is 0 Å². The molecular weight excluding hydrogens is 719 g/mol. The summed E-state index contributed by atoms with van der Waals surface area (Å²) < 4.78 is 13.2. The van der Waals surface area contributed by atoms with Crippen LogP contribution < -0.4 is 4.90 Å². The smallest absolute Gasteiger partial charge is 0.143 e. The highest BCUT2D eigenvalue weighted by molar-refractivity contribution is 6.23. The number of furan rings is 2. The minimum Gasteiger partial charge on any atom is -0.455 e. The highest BCUT2D eigenvalue weighted by Crippen LogP contribution is 2.44. The van der Waals surface area contributed by atoms with Gasteiger partial charge in [-0.15, -0.1) is 0 Å². The van der Waals surface area contributed by atoms with Crippen LogP contribution in [-0.4, -0.2) is 0 Å². The van der Waals surface area contributed by atoms with Gasteiger partial charge in [0.15, 0.2) is 0 Å². The predicted molar refractivity (Wildman–Crippen MR) is 247 cm³/mol. The molecule has 0 amide bonds. The third kappa shape index (κ3) is 5.44. The van der Waals surface area contributed by atoms with E-state index in [1.807, 2.05) is 12.1 Å². The summed E-state index contributed by atoms with van der Waals surface area (Å²) >= 11 is 0. The Bertz CT molecular complexity index is 3330. The van der Waals surface area contributed by atoms with Crippen molar-refractivity contribution in [3.63, 3.8) is 0 Å². The van der Waals surface area contributed by atoms with Crippen molar-refractivity contribution >= 4 is 82.5 Å². The Morgan fingerprint density at radius 2 is 0.644 bits per heavy atom. The van der Waals surface area contributed by atoms with Crippen molar-refractivity contribution in [3.05, 3.63) is 212 Å². The Morgan fingerprint density at radius 3 is 1.10 bits per heavy atom. The van der Waals surface area contributed by atoms with Crippen LogP contribution in [0.15, 0.2) is 221 Å². The molecule has 0 bridgehead atoms. The lowest BCUT2D eigenvalue weighted by Gasteiger charge is -2.26. The Balaban J connectivity index is 0.986. The molecule has 0 atom stereocenters. The molecule has 0 fully saturated rings. The minimum atomic E-state index is 0.898. The van der Waals surface area contributed by atoms with E-state index in [4.69, 9.17) is 8.83 Å². The molecule has 0 saturated carbocycles. The lowest BCUT2D eigenvalue weighted by atomic mass is 9.96. The summed E-state index contributed by atoms with van der Waals surface area (Å²) in [6.07, 6.45) is 0. The number of fused-ring (bicyclic) bond motifs is 10. The number of benzene rings is 10. The number of rotatable bonds is 6. The fourth-order valence-electron chi connectivity index (χ4n) is 9.04. The molecule has 276 valence electrons. The molecule has 0 spiro atoms. The highest BCUT2D eigenvalue weighted by atomic mass is 16.3. The number of hydrogen-bond donors (Lipinski definition) is 0. The Morgan fingerprint density at radius 1 is 0.288 bits per heavy atom. The van der Waals surface area contributed by atoms with Gasteiger partial charge >= 0.3 is 0 Å². The second-order valence-corrected chi connectivity index (χ2v) is 15.2. The highest BCUT2D eigenvalue weighted by Gasteiger charge is 2.20. The quantitative estimate of drug-likeness (QED) is 0.169. The van der Waals surface area contributed by atoms with Gasteiger partial charge in [0, 0.05) is 49.7 Å². The van der Waals surface area contributed by atoms with Crippen molar-refractivity contribution in [2.45, 2.75) is 0 Å². The third-order valence-electron chi connectivity index (χ3n) is 11.8. The van der Waals surface area contributed by atoms with Gasteiger partial charge in [-0.2, -0.15) is 0 Å². The van der Waals surface area contributed by atoms with Crippen LogP contribution in [0.25, 0.3) is 98.8 Å². The number of anilines is 3. The largest absolute Gasteiger partial charge is 0.455 e. The van der Waals surface area contributed by atoms with Crippen molar-refractivity contribution < 1.29 is 8.83 Å². The maximum atomic E-state index is 6.61. The van der Waals surface area contributed by atoms with Gasteiger partial charge in [-0.3, -0.25) is 0 Å². The summed E-state index contributed by atoms with van der Waals surface area (Å²) in [5.74, 6) is 0. The van der Waals surface area contributed by atoms with Crippen LogP contribution in [0.2, 0.25) is 0 Å². The zero-order valence-corrected chi connectivity index (χ0v) is 32.0. The fourth-order valence-corrected chi connectivity index (χ4v) is 9.04. The maximum absolute atomic E-state index is 6.61. The molecule has 12 rings (SSSR count). The van der Waals surface area contributed by atoms with Gasteiger partial charge in [-0.05, 0) is 104 Å². The number of para-hydroxylation sites is 2. The first kappa shape index (κ1) is 33.3. The van der Waals surface area contributed by atoms with Crippen molar-refractivity contribution in [2.24, 2.45) is 0 Å². The van der Waals surface area contributed by atoms with Crippen molar-refractivity contribution in [3.8, 4) is 33.4 Å². The molecular formula is C56H35NO2. The maximum Gasteiger partial charge on any atom is 0.143 e. The molecule has 2 aromatic heterocycles. The zero-order chi connectivity index (χ0) is 38.9. The molecule has 59 heavy (non-hydrogen) atoms. The summed E-state index contributed by atoms with van der Waals surface area (Å²) in [7, 11) is 0. The van der Waals surface area contributed by atoms with Crippen molar-refractivity contribution in [2.75, 3.05) is 4.90 Å². The molecule has 0 radical (unpaired) electrons. The van der Waals surface area contributed by atoms with Crippen LogP contribution in [-0.2, 0) is 0 Å². The van der Waals surface area contributed by atoms with E-state index in [1.165, 1.54) is 32.7 Å². The molecule has 10 aromatic carbocycles. The first-order chi connectivity index (χ1) is 29.2. The molecule has 0 aliphatic rings. The molecule has 2 heterocycles. The van der Waals surface area contributed by atoms with E-state index in [2.05, 4.69) is 205 Å². The molecule has 12 aromatic rings. The van der Waals surface area contributed by atoms with Gasteiger partial charge in [0.05, 0.1) is 0 Å². The summed E-state index contributed by atoms with van der Waals surface area (Å²) in [6.45, 7) is 0. The van der Waals surface area contributed by atoms with Gasteiger partial charge < -0.3 is 13.7 Å². The van der Waals surface area contributed by atoms with E-state index < -0.39 is 0 Å². The first-order valence-corrected chi connectivity index (χ1v) is 20.1. The molecule has 0 saturated heterocycles. The number of nitrogens with zero attached hydrogens (tertiary/aromatic N) is 1. The predicted octanol–water partition coefficient (Wildman–Crippen LogP) is 16.3. The second kappa shape index (κ2) is 13.4. The van der Waals surface area contributed by atoms with E-state index >= 15 is 0 Å². The molecule has 0 aliphatic heterocycles. The second-order valence-electron chi connectivity index (χ2n) is 15.2. The standard InChI is InChI=1S/C56H35NO2/c1-2-12-36(13-3-1)37-22-28-42(29-23-37)57(43-30-24-38(25-31-43)49-34-40-14-4-6-16-45(40)53-47-18-8-10-20-51(47)58-55(49)53)44-32-26-39(27-33-44)50-35-41-15-5-7-17-46(41)54-48-19-9-11-21-52(48)59-56(50)54/h1-35H. The van der Waals surface area contributed by atoms with Crippen LogP contribution in [0.5, 0.6) is 0 Å². The van der Waals surface area contributed by atoms with Crippen LogP contribution >= 0.6 is 0 Å². The topological polar surface area (TPSA) is 29.5 Å². The Hall–Kier alpha value is -7.88. The van der Waals surface area contributed by atoms with Crippen LogP contribution in [0, 0.1) is 0 Å². The van der Waals surface area contributed by atoms with Gasteiger partial charge in [0.25, 0.3) is 0 Å². The molecule has 0 aliphatic carbocycles. The van der Waals surface area contributed by atoms with E-state index in [-0.39, 0.29) is 0 Å². The monoisotopic (exact) mass is 753 g/mol. The van der Waals surface area contributed by atoms with E-state index in [0.29, 0.717) is 0 Å². The normalized spacial score (nSPS) is 11.7. The van der Waals surface area contributed by atoms with Crippen molar-refractivity contribution in [1.82, 2.24) is 0 Å². The van der Waals surface area contributed by atoms with E-state index in [0.717, 1.165) is 83.2 Å². The molecule has 0 unspecified atom stereocenters. The summed E-state index contributed by atoms with van der Waals surface area (Å²) in [5, 5.41) is 9.37. The lowest BCUT2D eigenvalue weighted by molar-refractivity contribution is 0.670. The van der Waals surface area contributed by atoms with Crippen LogP contribution in [0.4, 0.5) is 17.1 Å². The van der Waals surface area contributed by atoms with Gasteiger partial charge in [0.1, 0.15) is 22.3 Å². The van der Waals surface area contributed by atoms with E-state index in [1.54, 1.807) is 0 Å². The Labute approximate surface area is 340 Å². The molecule has 0 N–H and O–H groups in total. The van der Waals surface area contributed by atoms with Crippen LogP contribution in [0.3, 0.4) is 0 Å². The lowest BCUT2D eigenvalue weighted by Crippen LogP contribution is -2.09. The molecule has 3 nitrogen and oxygen atoms in total. The van der Waals surface area contributed by atoms with Gasteiger partial charge in [-0.1, -0.05) is 152 Å². The van der Waals surface area contributed by atoms with E-state index in [9.17, 15) is 0 Å². The molecule has 3 heteroatoms. The average Bonchev–Trinajstić information content (AvgIpc) is 3.90. The SMILES string of the molecule is c1ccc(-c2ccc(N(c3ccc(-c4cc5ccccc5c5c4oc4ccccc45)cc3)c3ccc(-c4cc5ccccc5c5c4oc4ccccc45)cc3)cc2)cc1. The Kier molecular flexibility index (Phi) is 7.54. The number of hydrogen-bond acceptors (Lipinski definition) is 3. The first-order valence-electron chi connectivity index (χ1n) is 20.1. The van der Waals surface area contributed by atoms with Gasteiger partial charge in [-0.25, -0.2) is 0 Å². The average molecular weight is 754 g/mol. The summed E-state index contributed by atoms with van der Waals surface area (Å²) in [6, 6.07) is 75.6. The summed E-state index contributed by atoms with van der Waals surface area (Å²) in [5.41, 5.74) is 13.5. The zero-order valence-electron chi connectivity index (χ0n) is 32.0. The van der Waals surface area contributed by atoms with Crippen LogP contribution in [0.1, 0.15) is 0 Å². The third-order valence-corrected chi connectivity index (χ3v) is 11.8. The minimum absolute atomic E-state index is 0.898.